The van der Waals surface area contributed by atoms with E-state index in [-0.39, 0.29) is 0 Å². The molecule has 1 fully saturated rings. The lowest BCUT2D eigenvalue weighted by atomic mass is 9.95. The Kier molecular flexibility index (Phi) is 4.74. The van der Waals surface area contributed by atoms with Crippen molar-refractivity contribution in [3.63, 3.8) is 0 Å². The van der Waals surface area contributed by atoms with E-state index in [4.69, 9.17) is 9.97 Å². The second-order valence-corrected chi connectivity index (χ2v) is 7.34. The predicted octanol–water partition coefficient (Wildman–Crippen LogP) is 5.73. The summed E-state index contributed by atoms with van der Waals surface area (Å²) in [5.74, 6) is 1.59. The van der Waals surface area contributed by atoms with Gasteiger partial charge in [0.05, 0.1) is 5.52 Å². The Bertz CT molecular complexity index is 913. The highest BCUT2D eigenvalue weighted by Gasteiger charge is 2.16. The fourth-order valence-corrected chi connectivity index (χ4v) is 3.67. The number of hydrogen-bond donors (Lipinski definition) is 2. The van der Waals surface area contributed by atoms with E-state index in [1.807, 2.05) is 6.07 Å². The fraction of sp³-hybridized carbons (Fsp3) is 0.364. The molecule has 0 spiro atoms. The van der Waals surface area contributed by atoms with E-state index in [1.54, 1.807) is 0 Å². The van der Waals surface area contributed by atoms with Gasteiger partial charge in [0, 0.05) is 17.1 Å². The van der Waals surface area contributed by atoms with E-state index >= 15 is 0 Å². The first kappa shape index (κ1) is 16.8. The Morgan fingerprint density at radius 2 is 1.73 bits per heavy atom. The quantitative estimate of drug-likeness (QED) is 0.633. The number of nitrogens with zero attached hydrogens (tertiary/aromatic N) is 2. The molecule has 4 nitrogen and oxygen atoms in total. The maximum atomic E-state index is 4.83. The molecule has 4 heteroatoms. The van der Waals surface area contributed by atoms with Gasteiger partial charge in [0.1, 0.15) is 5.82 Å². The number of aromatic nitrogens is 2. The summed E-state index contributed by atoms with van der Waals surface area (Å²) >= 11 is 0. The minimum Gasteiger partial charge on any atom is -0.367 e. The van der Waals surface area contributed by atoms with E-state index in [0.29, 0.717) is 12.0 Å². The second-order valence-electron chi connectivity index (χ2n) is 7.34. The van der Waals surface area contributed by atoms with Gasteiger partial charge >= 0.3 is 0 Å². The van der Waals surface area contributed by atoms with Gasteiger partial charge in [-0.3, -0.25) is 0 Å². The maximum absolute atomic E-state index is 4.83. The SMILES string of the molecule is Cc1ccc(C)c(Nc2nc(NC3CCCCC3)c3ccccc3n2)c1. The summed E-state index contributed by atoms with van der Waals surface area (Å²) in [5, 5.41) is 8.19. The number of aryl methyl sites for hydroxylation is 2. The molecule has 1 aromatic heterocycles. The molecule has 1 aliphatic carbocycles. The molecule has 0 radical (unpaired) electrons. The number of nitrogens with one attached hydrogen (secondary N) is 2. The van der Waals surface area contributed by atoms with Crippen LogP contribution in [-0.2, 0) is 0 Å². The van der Waals surface area contributed by atoms with Crippen molar-refractivity contribution in [1.82, 2.24) is 9.97 Å². The average Bonchev–Trinajstić information content (AvgIpc) is 2.66. The molecule has 0 unspecified atom stereocenters. The molecule has 0 saturated heterocycles. The van der Waals surface area contributed by atoms with Gasteiger partial charge in [-0.25, -0.2) is 4.98 Å². The summed E-state index contributed by atoms with van der Waals surface area (Å²) in [6, 6.07) is 15.1. The fourth-order valence-electron chi connectivity index (χ4n) is 3.67. The molecule has 0 bridgehead atoms. The summed E-state index contributed by atoms with van der Waals surface area (Å²) in [7, 11) is 0. The van der Waals surface area contributed by atoms with Crippen LogP contribution in [0.2, 0.25) is 0 Å². The van der Waals surface area contributed by atoms with E-state index in [9.17, 15) is 0 Å². The molecule has 2 aromatic carbocycles. The van der Waals surface area contributed by atoms with Crippen LogP contribution in [-0.4, -0.2) is 16.0 Å². The van der Waals surface area contributed by atoms with Gasteiger partial charge in [0.2, 0.25) is 5.95 Å². The molecule has 1 saturated carbocycles. The lowest BCUT2D eigenvalue weighted by molar-refractivity contribution is 0.462. The third kappa shape index (κ3) is 3.64. The lowest BCUT2D eigenvalue weighted by Gasteiger charge is -2.24. The maximum Gasteiger partial charge on any atom is 0.229 e. The zero-order valence-corrected chi connectivity index (χ0v) is 15.5. The third-order valence-corrected chi connectivity index (χ3v) is 5.19. The molecular weight excluding hydrogens is 320 g/mol. The highest BCUT2D eigenvalue weighted by molar-refractivity contribution is 5.90. The first-order valence-corrected chi connectivity index (χ1v) is 9.56. The molecule has 2 N–H and O–H groups in total. The summed E-state index contributed by atoms with van der Waals surface area (Å²) < 4.78 is 0. The van der Waals surface area contributed by atoms with Crippen molar-refractivity contribution in [2.75, 3.05) is 10.6 Å². The molecule has 0 atom stereocenters. The van der Waals surface area contributed by atoms with E-state index in [1.165, 1.54) is 43.2 Å². The van der Waals surface area contributed by atoms with Gasteiger partial charge in [-0.15, -0.1) is 0 Å². The van der Waals surface area contributed by atoms with Crippen molar-refractivity contribution in [3.05, 3.63) is 53.6 Å². The second kappa shape index (κ2) is 7.32. The summed E-state index contributed by atoms with van der Waals surface area (Å²) in [6.45, 7) is 4.20. The van der Waals surface area contributed by atoms with Crippen LogP contribution in [0.15, 0.2) is 42.5 Å². The number of benzene rings is 2. The van der Waals surface area contributed by atoms with Crippen LogP contribution >= 0.6 is 0 Å². The van der Waals surface area contributed by atoms with Crippen molar-refractivity contribution < 1.29 is 0 Å². The Hall–Kier alpha value is -2.62. The van der Waals surface area contributed by atoms with Crippen molar-refractivity contribution >= 4 is 28.4 Å². The van der Waals surface area contributed by atoms with Crippen molar-refractivity contribution in [2.24, 2.45) is 0 Å². The largest absolute Gasteiger partial charge is 0.367 e. The molecular formula is C22H26N4. The van der Waals surface area contributed by atoms with Gasteiger partial charge in [0.25, 0.3) is 0 Å². The highest BCUT2D eigenvalue weighted by atomic mass is 15.2. The van der Waals surface area contributed by atoms with Crippen molar-refractivity contribution in [3.8, 4) is 0 Å². The van der Waals surface area contributed by atoms with Gasteiger partial charge in [0.15, 0.2) is 0 Å². The monoisotopic (exact) mass is 346 g/mol. The molecule has 4 rings (SSSR count). The Morgan fingerprint density at radius 1 is 0.923 bits per heavy atom. The number of rotatable bonds is 4. The first-order valence-electron chi connectivity index (χ1n) is 9.56. The predicted molar refractivity (Wildman–Crippen MR) is 109 cm³/mol. The van der Waals surface area contributed by atoms with Gasteiger partial charge in [-0.1, -0.05) is 43.5 Å². The molecule has 26 heavy (non-hydrogen) atoms. The minimum atomic E-state index is 0.510. The summed E-state index contributed by atoms with van der Waals surface area (Å²) in [4.78, 5) is 9.56. The number of fused-ring (bicyclic) bond motifs is 1. The number of hydrogen-bond acceptors (Lipinski definition) is 4. The normalized spacial score (nSPS) is 15.2. The Balaban J connectivity index is 1.69. The van der Waals surface area contributed by atoms with Crippen LogP contribution in [0.1, 0.15) is 43.2 Å². The molecule has 3 aromatic rings. The van der Waals surface area contributed by atoms with Crippen LogP contribution in [0.3, 0.4) is 0 Å². The van der Waals surface area contributed by atoms with Gasteiger partial charge in [-0.05, 0) is 56.0 Å². The smallest absolute Gasteiger partial charge is 0.229 e. The van der Waals surface area contributed by atoms with Crippen LogP contribution < -0.4 is 10.6 Å². The molecule has 0 aliphatic heterocycles. The molecule has 134 valence electrons. The van der Waals surface area contributed by atoms with Crippen LogP contribution in [0.4, 0.5) is 17.5 Å². The number of para-hydroxylation sites is 1. The van der Waals surface area contributed by atoms with Gasteiger partial charge in [-0.2, -0.15) is 4.98 Å². The van der Waals surface area contributed by atoms with Crippen LogP contribution in [0.25, 0.3) is 10.9 Å². The zero-order valence-electron chi connectivity index (χ0n) is 15.5. The van der Waals surface area contributed by atoms with E-state index in [2.05, 4.69) is 60.9 Å². The molecule has 1 heterocycles. The van der Waals surface area contributed by atoms with Crippen molar-refractivity contribution in [1.29, 1.82) is 0 Å². The molecule has 0 amide bonds. The van der Waals surface area contributed by atoms with Crippen LogP contribution in [0, 0.1) is 13.8 Å². The highest BCUT2D eigenvalue weighted by Crippen LogP contribution is 2.28. The zero-order chi connectivity index (χ0) is 17.9. The molecule has 1 aliphatic rings. The topological polar surface area (TPSA) is 49.8 Å². The Labute approximate surface area is 155 Å². The average molecular weight is 346 g/mol. The van der Waals surface area contributed by atoms with E-state index in [0.717, 1.165) is 22.4 Å². The Morgan fingerprint density at radius 3 is 2.58 bits per heavy atom. The minimum absolute atomic E-state index is 0.510. The third-order valence-electron chi connectivity index (χ3n) is 5.19. The lowest BCUT2D eigenvalue weighted by Crippen LogP contribution is -2.23. The summed E-state index contributed by atoms with van der Waals surface area (Å²) in [6.07, 6.45) is 6.39. The number of anilines is 3. The van der Waals surface area contributed by atoms with Crippen LogP contribution in [0.5, 0.6) is 0 Å². The first-order chi connectivity index (χ1) is 12.7. The summed E-state index contributed by atoms with van der Waals surface area (Å²) in [5.41, 5.74) is 4.44. The van der Waals surface area contributed by atoms with Gasteiger partial charge < -0.3 is 10.6 Å². The standard InChI is InChI=1S/C22H26N4/c1-15-12-13-16(2)20(14-15)25-22-24-19-11-7-6-10-18(19)21(26-22)23-17-8-4-3-5-9-17/h6-7,10-14,17H,3-5,8-9H2,1-2H3,(H2,23,24,25,26). The van der Waals surface area contributed by atoms with E-state index < -0.39 is 0 Å². The van der Waals surface area contributed by atoms with Crippen molar-refractivity contribution in [2.45, 2.75) is 52.0 Å².